The third kappa shape index (κ3) is 3.48. The number of benzene rings is 1. The average Bonchev–Trinajstić information content (AvgIpc) is 3.13. The molecular weight excluding hydrogens is 346 g/mol. The highest BCUT2D eigenvalue weighted by Crippen LogP contribution is 2.40. The molecule has 1 aromatic carbocycles. The second-order valence-electron chi connectivity index (χ2n) is 7.44. The first-order chi connectivity index (χ1) is 12.6. The van der Waals surface area contributed by atoms with Crippen LogP contribution in [0.3, 0.4) is 0 Å². The molecule has 3 N–H and O–H groups in total. The molecule has 2 aliphatic carbocycles. The molecule has 138 valence electrons. The number of nitrogens with zero attached hydrogens (tertiary/aromatic N) is 1. The van der Waals surface area contributed by atoms with Crippen molar-refractivity contribution in [1.29, 1.82) is 0 Å². The zero-order valence-electron chi connectivity index (χ0n) is 15.0. The van der Waals surface area contributed by atoms with E-state index in [1.807, 2.05) is 24.3 Å². The lowest BCUT2D eigenvalue weighted by Crippen LogP contribution is -2.53. The minimum atomic E-state index is -0.000340. The highest BCUT2D eigenvalue weighted by atomic mass is 32.1. The van der Waals surface area contributed by atoms with Gasteiger partial charge in [-0.2, -0.15) is 0 Å². The number of methoxy groups -OCH3 is 1. The van der Waals surface area contributed by atoms with Gasteiger partial charge in [-0.25, -0.2) is 4.98 Å². The van der Waals surface area contributed by atoms with Crippen LogP contribution in [0, 0.1) is 11.8 Å². The molecule has 5 nitrogen and oxygen atoms in total. The molecule has 0 saturated heterocycles. The van der Waals surface area contributed by atoms with Gasteiger partial charge in [-0.15, -0.1) is 11.3 Å². The number of aromatic nitrogens is 1. The van der Waals surface area contributed by atoms with Crippen LogP contribution in [0.15, 0.2) is 30.5 Å². The molecule has 0 spiro atoms. The van der Waals surface area contributed by atoms with Crippen molar-refractivity contribution in [2.45, 2.75) is 44.2 Å². The van der Waals surface area contributed by atoms with Crippen LogP contribution in [0.4, 0.5) is 0 Å². The minimum absolute atomic E-state index is 0.000340. The molecule has 2 atom stereocenters. The van der Waals surface area contributed by atoms with Gasteiger partial charge in [0.15, 0.2) is 0 Å². The van der Waals surface area contributed by atoms with E-state index in [0.29, 0.717) is 22.8 Å². The summed E-state index contributed by atoms with van der Waals surface area (Å²) in [6.45, 7) is 0. The topological polar surface area (TPSA) is 77.2 Å². The molecule has 2 aliphatic rings. The third-order valence-electron chi connectivity index (χ3n) is 5.74. The quantitative estimate of drug-likeness (QED) is 0.863. The molecule has 1 aromatic heterocycles. The zero-order valence-corrected chi connectivity index (χ0v) is 15.8. The fourth-order valence-electron chi connectivity index (χ4n) is 4.49. The summed E-state index contributed by atoms with van der Waals surface area (Å²) in [6, 6.07) is 8.30. The Bertz CT molecular complexity index is 760. The van der Waals surface area contributed by atoms with Gasteiger partial charge in [-0.05, 0) is 61.8 Å². The monoisotopic (exact) mass is 371 g/mol. The first kappa shape index (κ1) is 17.5. The molecule has 2 aromatic rings. The van der Waals surface area contributed by atoms with Gasteiger partial charge >= 0.3 is 0 Å². The third-order valence-corrected chi connectivity index (χ3v) is 6.79. The van der Waals surface area contributed by atoms with Gasteiger partial charge < -0.3 is 15.8 Å². The number of hydrogen-bond donors (Lipinski definition) is 2. The number of fused-ring (bicyclic) bond motifs is 2. The summed E-state index contributed by atoms with van der Waals surface area (Å²) >= 11 is 1.44. The Kier molecular flexibility index (Phi) is 4.96. The van der Waals surface area contributed by atoms with Gasteiger partial charge in [0.1, 0.15) is 15.6 Å². The first-order valence-electron chi connectivity index (χ1n) is 9.30. The Balaban J connectivity index is 1.46. The summed E-state index contributed by atoms with van der Waals surface area (Å²) in [7, 11) is 1.65. The molecule has 1 heterocycles. The molecule has 2 bridgehead atoms. The van der Waals surface area contributed by atoms with Gasteiger partial charge in [0.2, 0.25) is 0 Å². The van der Waals surface area contributed by atoms with E-state index in [9.17, 15) is 4.79 Å². The fourth-order valence-corrected chi connectivity index (χ4v) is 5.32. The van der Waals surface area contributed by atoms with E-state index in [0.717, 1.165) is 29.2 Å². The number of hydrogen-bond acceptors (Lipinski definition) is 5. The Morgan fingerprint density at radius 1 is 1.23 bits per heavy atom. The van der Waals surface area contributed by atoms with Crippen LogP contribution >= 0.6 is 11.3 Å². The maximum absolute atomic E-state index is 12.8. The van der Waals surface area contributed by atoms with Crippen molar-refractivity contribution in [2.75, 3.05) is 7.11 Å². The van der Waals surface area contributed by atoms with Crippen LogP contribution in [-0.2, 0) is 0 Å². The Labute approximate surface area is 158 Å². The van der Waals surface area contributed by atoms with Crippen molar-refractivity contribution in [3.63, 3.8) is 0 Å². The van der Waals surface area contributed by atoms with E-state index in [4.69, 9.17) is 10.5 Å². The number of thiazole rings is 1. The highest BCUT2D eigenvalue weighted by Gasteiger charge is 2.40. The normalized spacial score (nSPS) is 27.8. The van der Waals surface area contributed by atoms with Crippen LogP contribution in [0.5, 0.6) is 5.75 Å². The number of amides is 1. The predicted molar refractivity (Wildman–Crippen MR) is 103 cm³/mol. The lowest BCUT2D eigenvalue weighted by atomic mass is 9.67. The lowest BCUT2D eigenvalue weighted by Gasteiger charge is -2.45. The van der Waals surface area contributed by atoms with Crippen molar-refractivity contribution >= 4 is 17.2 Å². The summed E-state index contributed by atoms with van der Waals surface area (Å²) in [4.78, 5) is 17.9. The summed E-state index contributed by atoms with van der Waals surface area (Å²) < 4.78 is 5.19. The Morgan fingerprint density at radius 2 is 1.92 bits per heavy atom. The SMILES string of the molecule is COc1ccc(-c2ncc(C(=O)NC3C4CCCC3CC(N)C4)s2)cc1. The highest BCUT2D eigenvalue weighted by molar-refractivity contribution is 7.16. The summed E-state index contributed by atoms with van der Waals surface area (Å²) in [6.07, 6.45) is 7.35. The van der Waals surface area contributed by atoms with E-state index in [2.05, 4.69) is 10.3 Å². The average molecular weight is 372 g/mol. The van der Waals surface area contributed by atoms with Crippen molar-refractivity contribution in [1.82, 2.24) is 10.3 Å². The number of nitrogens with one attached hydrogen (secondary N) is 1. The molecule has 0 aliphatic heterocycles. The van der Waals surface area contributed by atoms with E-state index in [-0.39, 0.29) is 11.9 Å². The first-order valence-corrected chi connectivity index (χ1v) is 10.1. The second-order valence-corrected chi connectivity index (χ2v) is 8.47. The number of carbonyl (C=O) groups excluding carboxylic acids is 1. The smallest absolute Gasteiger partial charge is 0.263 e. The molecule has 6 heteroatoms. The van der Waals surface area contributed by atoms with Crippen molar-refractivity contribution < 1.29 is 9.53 Å². The summed E-state index contributed by atoms with van der Waals surface area (Å²) in [5.74, 6) is 1.86. The minimum Gasteiger partial charge on any atom is -0.497 e. The van der Waals surface area contributed by atoms with Crippen LogP contribution in [0.1, 0.15) is 41.8 Å². The van der Waals surface area contributed by atoms with Crippen molar-refractivity contribution in [2.24, 2.45) is 17.6 Å². The number of nitrogens with two attached hydrogens (primary N) is 1. The number of carbonyl (C=O) groups is 1. The summed E-state index contributed by atoms with van der Waals surface area (Å²) in [5.41, 5.74) is 7.18. The van der Waals surface area contributed by atoms with E-state index >= 15 is 0 Å². The van der Waals surface area contributed by atoms with E-state index in [1.54, 1.807) is 13.3 Å². The molecule has 0 radical (unpaired) electrons. The lowest BCUT2D eigenvalue weighted by molar-refractivity contribution is 0.0759. The van der Waals surface area contributed by atoms with Crippen molar-refractivity contribution in [3.05, 3.63) is 35.3 Å². The van der Waals surface area contributed by atoms with Crippen LogP contribution < -0.4 is 15.8 Å². The van der Waals surface area contributed by atoms with Gasteiger partial charge in [-0.3, -0.25) is 4.79 Å². The maximum Gasteiger partial charge on any atom is 0.263 e. The largest absolute Gasteiger partial charge is 0.497 e. The zero-order chi connectivity index (χ0) is 18.1. The summed E-state index contributed by atoms with van der Waals surface area (Å²) in [5, 5.41) is 4.15. The number of rotatable bonds is 4. The van der Waals surface area contributed by atoms with Crippen LogP contribution in [0.2, 0.25) is 0 Å². The molecule has 1 amide bonds. The van der Waals surface area contributed by atoms with Gasteiger partial charge in [0, 0.05) is 17.6 Å². The second kappa shape index (κ2) is 7.37. The maximum atomic E-state index is 12.8. The van der Waals surface area contributed by atoms with E-state index in [1.165, 1.54) is 30.6 Å². The van der Waals surface area contributed by atoms with E-state index < -0.39 is 0 Å². The van der Waals surface area contributed by atoms with Gasteiger partial charge in [0.05, 0.1) is 13.3 Å². The standard InChI is InChI=1S/C20H25N3O2S/c1-25-16-7-5-12(6-8-16)20-22-11-17(26-20)19(24)23-18-13-3-2-4-14(18)10-15(21)9-13/h5-8,11,13-15,18H,2-4,9-10,21H2,1H3,(H,23,24). The van der Waals surface area contributed by atoms with Gasteiger partial charge in [0.25, 0.3) is 5.91 Å². The van der Waals surface area contributed by atoms with Crippen LogP contribution in [-0.4, -0.2) is 30.1 Å². The Morgan fingerprint density at radius 3 is 2.58 bits per heavy atom. The fraction of sp³-hybridized carbons (Fsp3) is 0.500. The molecule has 26 heavy (non-hydrogen) atoms. The molecule has 2 fully saturated rings. The predicted octanol–water partition coefficient (Wildman–Crippen LogP) is 3.45. The molecule has 2 unspecified atom stereocenters. The molecular formula is C20H25N3O2S. The van der Waals surface area contributed by atoms with Crippen molar-refractivity contribution in [3.8, 4) is 16.3 Å². The molecule has 2 saturated carbocycles. The molecule has 4 rings (SSSR count). The van der Waals surface area contributed by atoms with Gasteiger partial charge in [-0.1, -0.05) is 6.42 Å². The Hall–Kier alpha value is -1.92. The van der Waals surface area contributed by atoms with Crippen LogP contribution in [0.25, 0.3) is 10.6 Å². The number of ether oxygens (including phenoxy) is 1.